The first kappa shape index (κ1) is 20.8. The maximum absolute atomic E-state index is 13.5. The topological polar surface area (TPSA) is 54.5 Å². The lowest BCUT2D eigenvalue weighted by atomic mass is 9.88. The van der Waals surface area contributed by atoms with Gasteiger partial charge in [-0.3, -0.25) is 4.79 Å². The summed E-state index contributed by atoms with van der Waals surface area (Å²) in [7, 11) is -3.75. The van der Waals surface area contributed by atoms with E-state index in [9.17, 15) is 13.2 Å². The second-order valence-corrected chi connectivity index (χ2v) is 10.1. The van der Waals surface area contributed by atoms with Crippen LogP contribution in [-0.4, -0.2) is 30.1 Å². The van der Waals surface area contributed by atoms with Gasteiger partial charge in [0.15, 0.2) is 5.12 Å². The summed E-state index contributed by atoms with van der Waals surface area (Å²) < 4.78 is 28.5. The van der Waals surface area contributed by atoms with Crippen LogP contribution in [0.15, 0.2) is 72.1 Å². The molecule has 28 heavy (non-hydrogen) atoms. The Morgan fingerprint density at radius 2 is 1.82 bits per heavy atom. The fourth-order valence-electron chi connectivity index (χ4n) is 3.75. The zero-order valence-electron chi connectivity index (χ0n) is 16.1. The monoisotopic (exact) mass is 415 g/mol. The first-order chi connectivity index (χ1) is 13.4. The third-order valence-electron chi connectivity index (χ3n) is 5.15. The average molecular weight is 416 g/mol. The predicted molar refractivity (Wildman–Crippen MR) is 115 cm³/mol. The Morgan fingerprint density at radius 3 is 2.39 bits per heavy atom. The van der Waals surface area contributed by atoms with Gasteiger partial charge >= 0.3 is 0 Å². The van der Waals surface area contributed by atoms with Crippen molar-refractivity contribution in [2.45, 2.75) is 24.8 Å². The molecular formula is C22H25NO3S2. The molecule has 148 valence electrons. The highest BCUT2D eigenvalue weighted by molar-refractivity contribution is 8.13. The van der Waals surface area contributed by atoms with E-state index in [2.05, 4.69) is 6.58 Å². The molecule has 0 radical (unpaired) electrons. The highest BCUT2D eigenvalue weighted by Crippen LogP contribution is 2.45. The Kier molecular flexibility index (Phi) is 6.43. The molecule has 3 rings (SSSR count). The van der Waals surface area contributed by atoms with Gasteiger partial charge in [0.05, 0.1) is 16.9 Å². The molecule has 0 spiro atoms. The zero-order chi connectivity index (χ0) is 20.3. The summed E-state index contributed by atoms with van der Waals surface area (Å²) in [6.07, 6.45) is 1.74. The molecule has 0 N–H and O–H groups in total. The van der Waals surface area contributed by atoms with Crippen LogP contribution < -0.4 is 0 Å². The van der Waals surface area contributed by atoms with E-state index in [4.69, 9.17) is 0 Å². The quantitative estimate of drug-likeness (QED) is 0.655. The van der Waals surface area contributed by atoms with Gasteiger partial charge in [0.25, 0.3) is 0 Å². The highest BCUT2D eigenvalue weighted by atomic mass is 32.2. The van der Waals surface area contributed by atoms with E-state index < -0.39 is 22.0 Å². The van der Waals surface area contributed by atoms with E-state index in [-0.39, 0.29) is 22.5 Å². The number of thioether (sulfide) groups is 1. The molecule has 6 heteroatoms. The Balaban J connectivity index is 2.09. The summed E-state index contributed by atoms with van der Waals surface area (Å²) in [5.74, 6) is -0.0121. The molecule has 1 aliphatic rings. The second-order valence-electron chi connectivity index (χ2n) is 6.91. The summed E-state index contributed by atoms with van der Waals surface area (Å²) in [6.45, 7) is 7.94. The minimum Gasteiger partial charge on any atom is -0.287 e. The van der Waals surface area contributed by atoms with Crippen molar-refractivity contribution in [3.05, 3.63) is 78.4 Å². The van der Waals surface area contributed by atoms with Crippen LogP contribution in [0.1, 0.15) is 24.1 Å². The van der Waals surface area contributed by atoms with Crippen LogP contribution in [0.25, 0.3) is 0 Å². The third-order valence-corrected chi connectivity index (χ3v) is 7.88. The lowest BCUT2D eigenvalue weighted by Gasteiger charge is -2.27. The Morgan fingerprint density at radius 1 is 1.18 bits per heavy atom. The summed E-state index contributed by atoms with van der Waals surface area (Å²) in [5.41, 5.74) is 1.87. The first-order valence-corrected chi connectivity index (χ1v) is 11.8. The normalized spacial score (nSPS) is 22.9. The minimum atomic E-state index is -3.75. The van der Waals surface area contributed by atoms with Gasteiger partial charge in [-0.15, -0.1) is 6.58 Å². The largest absolute Gasteiger partial charge is 0.287 e. The molecule has 4 nitrogen and oxygen atoms in total. The van der Waals surface area contributed by atoms with E-state index in [1.807, 2.05) is 44.2 Å². The number of sulfonamides is 1. The third kappa shape index (κ3) is 3.95. The fourth-order valence-corrected chi connectivity index (χ4v) is 6.15. The highest BCUT2D eigenvalue weighted by Gasteiger charge is 2.49. The van der Waals surface area contributed by atoms with Crippen LogP contribution in [0, 0.1) is 18.8 Å². The molecule has 0 unspecified atom stereocenters. The molecule has 0 amide bonds. The number of hydrogen-bond acceptors (Lipinski definition) is 4. The van der Waals surface area contributed by atoms with Crippen molar-refractivity contribution < 1.29 is 13.2 Å². The number of carbonyl (C=O) groups is 1. The van der Waals surface area contributed by atoms with Crippen LogP contribution in [-0.2, 0) is 14.8 Å². The summed E-state index contributed by atoms with van der Waals surface area (Å²) in [6, 6.07) is 15.9. The van der Waals surface area contributed by atoms with E-state index >= 15 is 0 Å². The van der Waals surface area contributed by atoms with Crippen molar-refractivity contribution in [2.24, 2.45) is 11.8 Å². The molecule has 1 heterocycles. The summed E-state index contributed by atoms with van der Waals surface area (Å²) >= 11 is 1.25. The van der Waals surface area contributed by atoms with Gasteiger partial charge in [-0.2, -0.15) is 4.31 Å². The van der Waals surface area contributed by atoms with Gasteiger partial charge in [-0.1, -0.05) is 72.8 Å². The van der Waals surface area contributed by atoms with Crippen molar-refractivity contribution in [1.29, 1.82) is 0 Å². The number of nitrogens with zero attached hydrogens (tertiary/aromatic N) is 1. The molecule has 2 aromatic carbocycles. The molecule has 0 aromatic heterocycles. The molecule has 1 aliphatic heterocycles. The lowest BCUT2D eigenvalue weighted by molar-refractivity contribution is -0.114. The van der Waals surface area contributed by atoms with Crippen LogP contribution in [0.5, 0.6) is 0 Å². The van der Waals surface area contributed by atoms with E-state index in [0.717, 1.165) is 11.1 Å². The number of hydrogen-bond donors (Lipinski definition) is 0. The van der Waals surface area contributed by atoms with E-state index in [0.29, 0.717) is 5.75 Å². The smallest absolute Gasteiger partial charge is 0.243 e. The van der Waals surface area contributed by atoms with Crippen molar-refractivity contribution >= 4 is 26.9 Å². The fraction of sp³-hybridized carbons (Fsp3) is 0.318. The second kappa shape index (κ2) is 8.64. The minimum absolute atomic E-state index is 0.0231. The Labute approximate surface area is 171 Å². The molecule has 2 aromatic rings. The molecule has 1 fully saturated rings. The van der Waals surface area contributed by atoms with Crippen molar-refractivity contribution in [3.8, 4) is 0 Å². The average Bonchev–Trinajstić information content (AvgIpc) is 3.10. The van der Waals surface area contributed by atoms with Crippen molar-refractivity contribution in [3.63, 3.8) is 0 Å². The van der Waals surface area contributed by atoms with E-state index in [1.54, 1.807) is 30.3 Å². The SMILES string of the molecule is C=C[C@H]1[C@@H](C(=O)SCC)CN(S(=O)(=O)c2ccc(C)cc2)[C@@H]1c1ccccc1. The van der Waals surface area contributed by atoms with Gasteiger partial charge in [-0.25, -0.2) is 8.42 Å². The van der Waals surface area contributed by atoms with Crippen molar-refractivity contribution in [1.82, 2.24) is 4.31 Å². The molecule has 0 aliphatic carbocycles. The zero-order valence-corrected chi connectivity index (χ0v) is 17.7. The predicted octanol–water partition coefficient (Wildman–Crippen LogP) is 4.44. The number of carbonyl (C=O) groups excluding carboxylic acids is 1. The van der Waals surface area contributed by atoms with Crippen LogP contribution in [0.4, 0.5) is 0 Å². The molecule has 3 atom stereocenters. The van der Waals surface area contributed by atoms with Gasteiger partial charge in [-0.05, 0) is 30.4 Å². The standard InChI is InChI=1S/C22H25NO3S2/c1-4-19-20(22(24)27-5-2)15-23(21(19)17-9-7-6-8-10-17)28(25,26)18-13-11-16(3)12-14-18/h4,6-14,19-21H,1,5,15H2,2-3H3/t19-,20-,21+/m0/s1. The Bertz CT molecular complexity index is 940. The van der Waals surface area contributed by atoms with E-state index in [1.165, 1.54) is 16.1 Å². The number of rotatable bonds is 6. The van der Waals surface area contributed by atoms with Gasteiger partial charge in [0.2, 0.25) is 10.0 Å². The Hall–Kier alpha value is -1.89. The maximum atomic E-state index is 13.5. The summed E-state index contributed by atoms with van der Waals surface area (Å²) in [5, 5.41) is 0.0231. The van der Waals surface area contributed by atoms with Gasteiger partial charge in [0.1, 0.15) is 0 Å². The number of aryl methyl sites for hydroxylation is 1. The molecule has 0 bridgehead atoms. The molecule has 0 saturated carbocycles. The van der Waals surface area contributed by atoms with Crippen LogP contribution >= 0.6 is 11.8 Å². The maximum Gasteiger partial charge on any atom is 0.243 e. The first-order valence-electron chi connectivity index (χ1n) is 9.32. The molecule has 1 saturated heterocycles. The summed E-state index contributed by atoms with van der Waals surface area (Å²) in [4.78, 5) is 13.0. The van der Waals surface area contributed by atoms with Gasteiger partial charge in [0, 0.05) is 12.5 Å². The van der Waals surface area contributed by atoms with Crippen molar-refractivity contribution in [2.75, 3.05) is 12.3 Å². The van der Waals surface area contributed by atoms with Gasteiger partial charge < -0.3 is 0 Å². The van der Waals surface area contributed by atoms with Crippen LogP contribution in [0.3, 0.4) is 0 Å². The molecular weight excluding hydrogens is 390 g/mol. The lowest BCUT2D eigenvalue weighted by Crippen LogP contribution is -2.32. The number of benzene rings is 2. The van der Waals surface area contributed by atoms with Crippen LogP contribution in [0.2, 0.25) is 0 Å².